The van der Waals surface area contributed by atoms with Crippen LogP contribution in [0.5, 0.6) is 5.75 Å². The van der Waals surface area contributed by atoms with E-state index in [1.807, 2.05) is 0 Å². The third-order valence-corrected chi connectivity index (χ3v) is 5.13. The molecule has 8 nitrogen and oxygen atoms in total. The zero-order valence-corrected chi connectivity index (χ0v) is 17.7. The van der Waals surface area contributed by atoms with Crippen LogP contribution in [0.2, 0.25) is 0 Å². The first kappa shape index (κ1) is 25.0. The van der Waals surface area contributed by atoms with Crippen molar-refractivity contribution >= 4 is 17.4 Å². The fourth-order valence-electron chi connectivity index (χ4n) is 3.46. The number of ether oxygens (including phenoxy) is 1. The van der Waals surface area contributed by atoms with Crippen molar-refractivity contribution < 1.29 is 36.4 Å². The first-order chi connectivity index (χ1) is 16.0. The minimum absolute atomic E-state index is 0.0543. The smallest absolute Gasteiger partial charge is 0.416 e. The summed E-state index contributed by atoms with van der Waals surface area (Å²) in [6.07, 6.45) is -7.31. The second kappa shape index (κ2) is 10.5. The number of alkyl halides is 5. The van der Waals surface area contributed by atoms with E-state index in [4.69, 9.17) is 4.74 Å². The van der Waals surface area contributed by atoms with Crippen molar-refractivity contribution in [1.29, 1.82) is 0 Å². The predicted octanol–water partition coefficient (Wildman–Crippen LogP) is 4.29. The summed E-state index contributed by atoms with van der Waals surface area (Å²) in [5.74, 6) is 0.249. The van der Waals surface area contributed by atoms with E-state index in [1.165, 1.54) is 17.0 Å². The lowest BCUT2D eigenvalue weighted by atomic mass is 10.1. The fourth-order valence-corrected chi connectivity index (χ4v) is 3.46. The Morgan fingerprint density at radius 1 is 1.12 bits per heavy atom. The molecule has 2 aromatic rings. The summed E-state index contributed by atoms with van der Waals surface area (Å²) in [6, 6.07) is 8.32. The van der Waals surface area contributed by atoms with Gasteiger partial charge in [-0.05, 0) is 29.8 Å². The number of benzene rings is 2. The van der Waals surface area contributed by atoms with Gasteiger partial charge in [-0.3, -0.25) is 10.1 Å². The van der Waals surface area contributed by atoms with Gasteiger partial charge >= 0.3 is 12.2 Å². The van der Waals surface area contributed by atoms with Gasteiger partial charge in [-0.2, -0.15) is 13.2 Å². The van der Waals surface area contributed by atoms with E-state index >= 15 is 0 Å². The van der Waals surface area contributed by atoms with Gasteiger partial charge in [0, 0.05) is 38.8 Å². The Morgan fingerprint density at radius 2 is 1.82 bits per heavy atom. The number of anilines is 1. The Kier molecular flexibility index (Phi) is 7.74. The van der Waals surface area contributed by atoms with Crippen LogP contribution in [0.4, 0.5) is 38.1 Å². The van der Waals surface area contributed by atoms with E-state index in [0.29, 0.717) is 11.6 Å². The number of urea groups is 1. The number of hydrogen-bond acceptors (Lipinski definition) is 5. The molecule has 1 saturated heterocycles. The molecule has 0 spiro atoms. The Bertz CT molecular complexity index is 1030. The number of nitrogens with zero attached hydrogens (tertiary/aromatic N) is 3. The number of nitrogens with one attached hydrogen (secondary N) is 1. The SMILES string of the molecule is O=C(NCc1cccc(OCC(F)F)c1)N1CCN(c2ccc(C(F)(F)F)cc2[N+](=O)[O-])CC1. The van der Waals surface area contributed by atoms with Crippen molar-refractivity contribution in [3.05, 3.63) is 63.7 Å². The lowest BCUT2D eigenvalue weighted by Crippen LogP contribution is -2.51. The van der Waals surface area contributed by atoms with Gasteiger partial charge < -0.3 is 19.9 Å². The van der Waals surface area contributed by atoms with Crippen molar-refractivity contribution in [2.24, 2.45) is 0 Å². The topological polar surface area (TPSA) is 88.0 Å². The highest BCUT2D eigenvalue weighted by Gasteiger charge is 2.34. The summed E-state index contributed by atoms with van der Waals surface area (Å²) in [5.41, 5.74) is -1.07. The molecule has 13 heteroatoms. The van der Waals surface area contributed by atoms with Gasteiger partial charge in [-0.1, -0.05) is 12.1 Å². The summed E-state index contributed by atoms with van der Waals surface area (Å²) in [5, 5.41) is 14.0. The van der Waals surface area contributed by atoms with Crippen LogP contribution >= 0.6 is 0 Å². The molecule has 0 atom stereocenters. The average molecular weight is 488 g/mol. The van der Waals surface area contributed by atoms with Crippen LogP contribution in [0.15, 0.2) is 42.5 Å². The third-order valence-electron chi connectivity index (χ3n) is 5.13. The molecule has 2 amide bonds. The van der Waals surface area contributed by atoms with Crippen LogP contribution in [0.3, 0.4) is 0 Å². The van der Waals surface area contributed by atoms with E-state index in [-0.39, 0.29) is 44.2 Å². The monoisotopic (exact) mass is 488 g/mol. The standard InChI is InChI=1S/C21H21F5N4O4/c22-19(23)13-34-16-3-1-2-14(10-16)12-27-20(31)29-8-6-28(7-9-29)17-5-4-15(21(24,25)26)11-18(17)30(32)33/h1-5,10-11,19H,6-9,12-13H2,(H,27,31). The van der Waals surface area contributed by atoms with E-state index in [9.17, 15) is 36.9 Å². The molecular formula is C21H21F5N4O4. The van der Waals surface area contributed by atoms with Crippen LogP contribution in [0.25, 0.3) is 0 Å². The van der Waals surface area contributed by atoms with Crippen LogP contribution in [-0.2, 0) is 12.7 Å². The number of nitro benzene ring substituents is 1. The maximum absolute atomic E-state index is 12.9. The summed E-state index contributed by atoms with van der Waals surface area (Å²) in [4.78, 5) is 26.0. The van der Waals surface area contributed by atoms with Crippen LogP contribution in [0.1, 0.15) is 11.1 Å². The van der Waals surface area contributed by atoms with Gasteiger partial charge in [0.15, 0.2) is 0 Å². The van der Waals surface area contributed by atoms with Gasteiger partial charge in [0.25, 0.3) is 12.1 Å². The number of halogens is 5. The van der Waals surface area contributed by atoms with Crippen molar-refractivity contribution in [3.8, 4) is 5.75 Å². The minimum atomic E-state index is -4.70. The quantitative estimate of drug-likeness (QED) is 0.357. The van der Waals surface area contributed by atoms with E-state index in [0.717, 1.165) is 12.1 Å². The molecule has 3 rings (SSSR count). The maximum Gasteiger partial charge on any atom is 0.416 e. The Hall–Kier alpha value is -3.64. The number of hydrogen-bond donors (Lipinski definition) is 1. The van der Waals surface area contributed by atoms with Gasteiger partial charge in [0.05, 0.1) is 10.5 Å². The van der Waals surface area contributed by atoms with Gasteiger partial charge in [-0.25, -0.2) is 13.6 Å². The van der Waals surface area contributed by atoms with Gasteiger partial charge in [-0.15, -0.1) is 0 Å². The summed E-state index contributed by atoms with van der Waals surface area (Å²) < 4.78 is 68.2. The number of nitro groups is 1. The van der Waals surface area contributed by atoms with E-state index in [1.54, 1.807) is 17.0 Å². The Morgan fingerprint density at radius 3 is 2.44 bits per heavy atom. The molecule has 0 saturated carbocycles. The number of piperazine rings is 1. The van der Waals surface area contributed by atoms with Crippen LogP contribution < -0.4 is 15.0 Å². The molecule has 1 heterocycles. The van der Waals surface area contributed by atoms with Crippen molar-refractivity contribution in [1.82, 2.24) is 10.2 Å². The highest BCUT2D eigenvalue weighted by molar-refractivity contribution is 5.75. The van der Waals surface area contributed by atoms with Crippen molar-refractivity contribution in [2.45, 2.75) is 19.1 Å². The second-order valence-electron chi connectivity index (χ2n) is 7.44. The lowest BCUT2D eigenvalue weighted by molar-refractivity contribution is -0.384. The highest BCUT2D eigenvalue weighted by Crippen LogP contribution is 2.36. The van der Waals surface area contributed by atoms with Crippen LogP contribution in [-0.4, -0.2) is 55.1 Å². The molecule has 0 unspecified atom stereocenters. The molecule has 184 valence electrons. The third kappa shape index (κ3) is 6.45. The zero-order valence-electron chi connectivity index (χ0n) is 17.7. The molecule has 0 aromatic heterocycles. The first-order valence-electron chi connectivity index (χ1n) is 10.2. The van der Waals surface area contributed by atoms with E-state index < -0.39 is 41.4 Å². The molecule has 1 aliphatic rings. The summed E-state index contributed by atoms with van der Waals surface area (Å²) in [7, 11) is 0. The van der Waals surface area contributed by atoms with Crippen molar-refractivity contribution in [2.75, 3.05) is 37.7 Å². The minimum Gasteiger partial charge on any atom is -0.488 e. The molecule has 2 aromatic carbocycles. The summed E-state index contributed by atoms with van der Waals surface area (Å²) in [6.45, 7) is 0.155. The molecule has 34 heavy (non-hydrogen) atoms. The normalized spacial score (nSPS) is 14.3. The Balaban J connectivity index is 1.56. The molecular weight excluding hydrogens is 467 g/mol. The van der Waals surface area contributed by atoms with Gasteiger partial charge in [0.1, 0.15) is 18.0 Å². The largest absolute Gasteiger partial charge is 0.488 e. The second-order valence-corrected chi connectivity index (χ2v) is 7.44. The molecule has 1 fully saturated rings. The average Bonchev–Trinajstić information content (AvgIpc) is 2.80. The molecule has 1 N–H and O–H groups in total. The number of amides is 2. The molecule has 0 bridgehead atoms. The van der Waals surface area contributed by atoms with Gasteiger partial charge in [0.2, 0.25) is 0 Å². The van der Waals surface area contributed by atoms with Crippen LogP contribution in [0, 0.1) is 10.1 Å². The fraction of sp³-hybridized carbons (Fsp3) is 0.381. The number of rotatable bonds is 7. The Labute approximate surface area is 191 Å². The lowest BCUT2D eigenvalue weighted by Gasteiger charge is -2.35. The van der Waals surface area contributed by atoms with Crippen molar-refractivity contribution in [3.63, 3.8) is 0 Å². The number of carbonyl (C=O) groups is 1. The summed E-state index contributed by atoms with van der Waals surface area (Å²) >= 11 is 0. The number of carbonyl (C=O) groups excluding carboxylic acids is 1. The van der Waals surface area contributed by atoms with E-state index in [2.05, 4.69) is 5.32 Å². The first-order valence-corrected chi connectivity index (χ1v) is 10.2. The zero-order chi connectivity index (χ0) is 24.9. The maximum atomic E-state index is 12.9. The molecule has 0 aliphatic carbocycles. The molecule has 0 radical (unpaired) electrons. The predicted molar refractivity (Wildman–Crippen MR) is 112 cm³/mol. The highest BCUT2D eigenvalue weighted by atomic mass is 19.4. The molecule has 1 aliphatic heterocycles.